The lowest BCUT2D eigenvalue weighted by atomic mass is 9.87. The number of hydrogen-bond acceptors (Lipinski definition) is 4. The van der Waals surface area contributed by atoms with Gasteiger partial charge in [0.1, 0.15) is 12.1 Å². The lowest BCUT2D eigenvalue weighted by Gasteiger charge is -2.34. The molecule has 0 saturated carbocycles. The first-order valence-corrected chi connectivity index (χ1v) is 13.9. The Kier molecular flexibility index (Phi) is 6.56. The van der Waals surface area contributed by atoms with Crippen molar-refractivity contribution in [1.82, 2.24) is 20.9 Å². The van der Waals surface area contributed by atoms with E-state index in [1.165, 1.54) is 27.8 Å². The number of likely N-dealkylation sites (N-methyl/N-ethyl adjacent to an activating group) is 1. The first-order valence-electron chi connectivity index (χ1n) is 13.9. The molecule has 0 bridgehead atoms. The van der Waals surface area contributed by atoms with Crippen molar-refractivity contribution in [2.45, 2.75) is 82.1 Å². The highest BCUT2D eigenvalue weighted by Gasteiger charge is 2.49. The summed E-state index contributed by atoms with van der Waals surface area (Å²) in [6.45, 7) is 1.78. The maximum atomic E-state index is 14.1. The Bertz CT molecular complexity index is 1320. The van der Waals surface area contributed by atoms with E-state index in [4.69, 9.17) is 0 Å². The lowest BCUT2D eigenvalue weighted by molar-refractivity contribution is -0.142. The van der Waals surface area contributed by atoms with Crippen LogP contribution in [-0.4, -0.2) is 53.8 Å². The highest BCUT2D eigenvalue weighted by Crippen LogP contribution is 2.45. The molecule has 1 unspecified atom stereocenters. The van der Waals surface area contributed by atoms with Crippen molar-refractivity contribution in [3.8, 4) is 0 Å². The second-order valence-corrected chi connectivity index (χ2v) is 11.1. The third-order valence-electron chi connectivity index (χ3n) is 8.99. The summed E-state index contributed by atoms with van der Waals surface area (Å²) in [5.41, 5.74) is 7.30. The van der Waals surface area contributed by atoms with Gasteiger partial charge in [0.05, 0.1) is 18.1 Å². The number of hydrogen-bond donors (Lipinski definition) is 3. The molecule has 2 aliphatic heterocycles. The van der Waals surface area contributed by atoms with Crippen LogP contribution < -0.4 is 16.0 Å². The molecule has 3 amide bonds. The Balaban J connectivity index is 1.31. The smallest absolute Gasteiger partial charge is 0.246 e. The Morgan fingerprint density at radius 1 is 0.947 bits per heavy atom. The summed E-state index contributed by atoms with van der Waals surface area (Å²) in [5.74, 6) is -0.451. The molecular weight excluding hydrogens is 476 g/mol. The van der Waals surface area contributed by atoms with Crippen LogP contribution in [0.4, 0.5) is 0 Å². The van der Waals surface area contributed by atoms with Crippen molar-refractivity contribution in [2.24, 2.45) is 0 Å². The normalized spacial score (nSPS) is 26.6. The average Bonchev–Trinajstić information content (AvgIpc) is 3.51. The molecule has 7 nitrogen and oxygen atoms in total. The summed E-state index contributed by atoms with van der Waals surface area (Å²) in [5, 5.41) is 9.28. The predicted octanol–water partition coefficient (Wildman–Crippen LogP) is 3.05. The second kappa shape index (κ2) is 10.0. The van der Waals surface area contributed by atoms with Gasteiger partial charge in [0.2, 0.25) is 17.7 Å². The van der Waals surface area contributed by atoms with Crippen LogP contribution in [0.5, 0.6) is 0 Å². The topological polar surface area (TPSA) is 90.5 Å². The molecule has 2 aromatic carbocycles. The van der Waals surface area contributed by atoms with Crippen LogP contribution in [0.1, 0.15) is 67.3 Å². The predicted molar refractivity (Wildman–Crippen MR) is 146 cm³/mol. The van der Waals surface area contributed by atoms with E-state index in [9.17, 15) is 14.4 Å². The molecule has 2 aromatic rings. The van der Waals surface area contributed by atoms with Crippen LogP contribution in [0, 0.1) is 0 Å². The zero-order valence-electron chi connectivity index (χ0n) is 22.1. The van der Waals surface area contributed by atoms with E-state index in [1.54, 1.807) is 14.0 Å². The highest BCUT2D eigenvalue weighted by atomic mass is 16.2. The molecule has 2 aliphatic carbocycles. The minimum absolute atomic E-state index is 0.0360. The van der Waals surface area contributed by atoms with E-state index in [1.807, 2.05) is 17.0 Å². The van der Waals surface area contributed by atoms with E-state index >= 15 is 0 Å². The zero-order valence-corrected chi connectivity index (χ0v) is 22.1. The van der Waals surface area contributed by atoms with Crippen molar-refractivity contribution in [3.63, 3.8) is 0 Å². The van der Waals surface area contributed by atoms with Gasteiger partial charge < -0.3 is 20.9 Å². The molecule has 2 heterocycles. The maximum Gasteiger partial charge on any atom is 0.246 e. The fourth-order valence-corrected chi connectivity index (χ4v) is 6.92. The van der Waals surface area contributed by atoms with Gasteiger partial charge in [-0.2, -0.15) is 0 Å². The molecule has 38 heavy (non-hydrogen) atoms. The summed E-state index contributed by atoms with van der Waals surface area (Å²) in [6, 6.07) is 14.8. The summed E-state index contributed by atoms with van der Waals surface area (Å²) in [4.78, 5) is 42.6. The zero-order chi connectivity index (χ0) is 26.4. The minimum atomic E-state index is -0.705. The Morgan fingerprint density at radius 3 is 2.53 bits per heavy atom. The maximum absolute atomic E-state index is 14.1. The largest absolute Gasteiger partial charge is 0.347 e. The van der Waals surface area contributed by atoms with E-state index in [-0.39, 0.29) is 29.8 Å². The minimum Gasteiger partial charge on any atom is -0.347 e. The third kappa shape index (κ3) is 4.23. The summed E-state index contributed by atoms with van der Waals surface area (Å²) in [6.07, 6.45) is 5.58. The molecule has 0 radical (unpaired) electrons. The number of benzene rings is 2. The van der Waals surface area contributed by atoms with Gasteiger partial charge in [-0.05, 0) is 85.9 Å². The van der Waals surface area contributed by atoms with E-state index < -0.39 is 18.1 Å². The quantitative estimate of drug-likeness (QED) is 0.575. The Morgan fingerprint density at radius 2 is 1.71 bits per heavy atom. The Labute approximate surface area is 224 Å². The molecule has 7 heteroatoms. The van der Waals surface area contributed by atoms with E-state index in [0.717, 1.165) is 37.7 Å². The molecule has 6 rings (SSSR count). The van der Waals surface area contributed by atoms with Gasteiger partial charge in [-0.25, -0.2) is 0 Å². The highest BCUT2D eigenvalue weighted by molar-refractivity contribution is 5.97. The van der Waals surface area contributed by atoms with Crippen molar-refractivity contribution in [1.29, 1.82) is 0 Å². The fraction of sp³-hybridized carbons (Fsp3) is 0.452. The molecule has 3 N–H and O–H groups in total. The number of carbonyl (C=O) groups is 3. The Hall–Kier alpha value is -3.45. The fourth-order valence-electron chi connectivity index (χ4n) is 6.92. The van der Waals surface area contributed by atoms with Gasteiger partial charge in [-0.15, -0.1) is 0 Å². The monoisotopic (exact) mass is 512 g/mol. The van der Waals surface area contributed by atoms with Crippen LogP contribution >= 0.6 is 0 Å². The number of nitrogens with zero attached hydrogens (tertiary/aromatic N) is 1. The summed E-state index contributed by atoms with van der Waals surface area (Å²) >= 11 is 0. The van der Waals surface area contributed by atoms with E-state index in [2.05, 4.69) is 52.3 Å². The van der Waals surface area contributed by atoms with Gasteiger partial charge in [0.25, 0.3) is 0 Å². The lowest BCUT2D eigenvalue weighted by Crippen LogP contribution is -2.57. The van der Waals surface area contributed by atoms with Crippen molar-refractivity contribution < 1.29 is 14.4 Å². The third-order valence-corrected chi connectivity index (χ3v) is 8.99. The first kappa shape index (κ1) is 24.9. The van der Waals surface area contributed by atoms with Crippen LogP contribution in [-0.2, 0) is 27.2 Å². The molecule has 0 aromatic heterocycles. The number of fused-ring (bicyclic) bond motifs is 5. The van der Waals surface area contributed by atoms with Crippen LogP contribution in [0.3, 0.4) is 0 Å². The van der Waals surface area contributed by atoms with Crippen molar-refractivity contribution in [2.75, 3.05) is 7.05 Å². The molecule has 5 atom stereocenters. The molecule has 1 saturated heterocycles. The SMILES string of the molecule is CN[C@@H](C)C(=O)N[C@H]1CC2=C(Cc3ccccc32)[C@H]2CCC(C(=O)N[C@@H]3CCCc4ccccc43)N2C1=O. The molecule has 1 fully saturated rings. The van der Waals surface area contributed by atoms with Gasteiger partial charge in [0.15, 0.2) is 0 Å². The van der Waals surface area contributed by atoms with Gasteiger partial charge in [-0.1, -0.05) is 48.5 Å². The van der Waals surface area contributed by atoms with Gasteiger partial charge in [-0.3, -0.25) is 14.4 Å². The average molecular weight is 513 g/mol. The summed E-state index contributed by atoms with van der Waals surface area (Å²) < 4.78 is 0. The molecule has 4 aliphatic rings. The van der Waals surface area contributed by atoms with Crippen LogP contribution in [0.15, 0.2) is 54.1 Å². The molecular formula is C31H36N4O3. The van der Waals surface area contributed by atoms with Gasteiger partial charge in [0, 0.05) is 6.42 Å². The number of amides is 3. The number of rotatable bonds is 5. The summed E-state index contributed by atoms with van der Waals surface area (Å²) in [7, 11) is 1.73. The second-order valence-electron chi connectivity index (χ2n) is 11.1. The number of aryl methyl sites for hydroxylation is 1. The van der Waals surface area contributed by atoms with E-state index in [0.29, 0.717) is 12.8 Å². The van der Waals surface area contributed by atoms with Crippen LogP contribution in [0.25, 0.3) is 5.57 Å². The van der Waals surface area contributed by atoms with Crippen molar-refractivity contribution >= 4 is 23.3 Å². The van der Waals surface area contributed by atoms with Crippen LogP contribution in [0.2, 0.25) is 0 Å². The number of carbonyl (C=O) groups excluding carboxylic acids is 3. The molecule has 198 valence electrons. The standard InChI is InChI=1S/C31H36N4O3/c1-18(32-2)29(36)34-26-17-23-21-11-5-4-9-20(21)16-24(23)27-14-15-28(35(27)31(26)38)30(37)33-25-13-7-10-19-8-3-6-12-22(19)25/h3-6,8-9,11-12,18,25-28,32H,7,10,13-17H2,1-2H3,(H,33,37)(H,34,36)/t18-,25+,26-,27+,28?/m0/s1. The van der Waals surface area contributed by atoms with Crippen molar-refractivity contribution in [3.05, 3.63) is 76.4 Å². The first-order chi connectivity index (χ1) is 18.5. The van der Waals surface area contributed by atoms with Gasteiger partial charge >= 0.3 is 0 Å². The number of nitrogens with one attached hydrogen (secondary N) is 3. The molecule has 0 spiro atoms.